The van der Waals surface area contributed by atoms with Crippen LogP contribution in [0.2, 0.25) is 0 Å². The average Bonchev–Trinajstić information content (AvgIpc) is 3.23. The van der Waals surface area contributed by atoms with Crippen molar-refractivity contribution in [1.82, 2.24) is 15.0 Å². The Balaban J connectivity index is 1.10. The van der Waals surface area contributed by atoms with Crippen LogP contribution in [0.4, 0.5) is 8.78 Å². The summed E-state index contributed by atoms with van der Waals surface area (Å²) < 4.78 is 31.8. The van der Waals surface area contributed by atoms with Gasteiger partial charge in [-0.25, -0.2) is 8.78 Å². The van der Waals surface area contributed by atoms with Gasteiger partial charge in [0.15, 0.2) is 5.58 Å². The summed E-state index contributed by atoms with van der Waals surface area (Å²) in [5.41, 5.74) is 2.02. The molecule has 32 heavy (non-hydrogen) atoms. The van der Waals surface area contributed by atoms with Crippen LogP contribution in [0, 0.1) is 17.6 Å². The first-order valence-electron chi connectivity index (χ1n) is 11.4. The van der Waals surface area contributed by atoms with Gasteiger partial charge in [0.1, 0.15) is 11.6 Å². The lowest BCUT2D eigenvalue weighted by Gasteiger charge is -2.37. The second kappa shape index (κ2) is 8.98. The predicted molar refractivity (Wildman–Crippen MR) is 117 cm³/mol. The van der Waals surface area contributed by atoms with E-state index in [9.17, 15) is 13.6 Å². The molecule has 0 spiro atoms. The van der Waals surface area contributed by atoms with Crippen LogP contribution in [0.3, 0.4) is 0 Å². The predicted octanol–water partition coefficient (Wildman–Crippen LogP) is 4.84. The first-order chi connectivity index (χ1) is 15.6. The third kappa shape index (κ3) is 4.39. The van der Waals surface area contributed by atoms with Crippen molar-refractivity contribution in [2.75, 3.05) is 32.7 Å². The lowest BCUT2D eigenvalue weighted by Crippen LogP contribution is -2.43. The van der Waals surface area contributed by atoms with Crippen molar-refractivity contribution in [2.24, 2.45) is 5.92 Å². The molecule has 0 atom stereocenters. The third-order valence-corrected chi connectivity index (χ3v) is 6.95. The van der Waals surface area contributed by atoms with E-state index in [-0.39, 0.29) is 17.5 Å². The molecule has 3 aromatic rings. The van der Waals surface area contributed by atoms with Crippen molar-refractivity contribution < 1.29 is 18.1 Å². The molecule has 168 valence electrons. The van der Waals surface area contributed by atoms with E-state index >= 15 is 0 Å². The minimum Gasteiger partial charge on any atom is -0.356 e. The summed E-state index contributed by atoms with van der Waals surface area (Å²) in [5.74, 6) is 0.284. The Labute approximate surface area is 186 Å². The Bertz CT molecular complexity index is 1080. The molecule has 2 aromatic carbocycles. The molecule has 2 aliphatic rings. The third-order valence-electron chi connectivity index (χ3n) is 6.95. The number of hydrogen-bond donors (Lipinski definition) is 0. The molecule has 1 amide bonds. The molecule has 0 aliphatic carbocycles. The SMILES string of the molecule is O=C(c1ccc(F)cc1)N1CCC(CN2CCC(c3noc4cc(F)ccc34)CC2)CC1. The van der Waals surface area contributed by atoms with Crippen molar-refractivity contribution in [3.63, 3.8) is 0 Å². The van der Waals surface area contributed by atoms with Crippen molar-refractivity contribution in [2.45, 2.75) is 31.6 Å². The summed E-state index contributed by atoms with van der Waals surface area (Å²) in [6.45, 7) is 4.57. The zero-order valence-electron chi connectivity index (χ0n) is 18.0. The molecule has 0 unspecified atom stereocenters. The summed E-state index contributed by atoms with van der Waals surface area (Å²) in [4.78, 5) is 17.0. The van der Waals surface area contributed by atoms with Crippen LogP contribution >= 0.6 is 0 Å². The van der Waals surface area contributed by atoms with Crippen LogP contribution in [0.5, 0.6) is 0 Å². The van der Waals surface area contributed by atoms with Crippen LogP contribution in [0.25, 0.3) is 11.0 Å². The molecule has 2 saturated heterocycles. The molecule has 5 rings (SSSR count). The van der Waals surface area contributed by atoms with Gasteiger partial charge in [-0.05, 0) is 81.1 Å². The summed E-state index contributed by atoms with van der Waals surface area (Å²) in [6, 6.07) is 10.4. The van der Waals surface area contributed by atoms with Gasteiger partial charge >= 0.3 is 0 Å². The minimum absolute atomic E-state index is 0.0102. The number of likely N-dealkylation sites (tertiary alicyclic amines) is 2. The zero-order valence-corrected chi connectivity index (χ0v) is 18.0. The van der Waals surface area contributed by atoms with Gasteiger partial charge in [0.25, 0.3) is 5.91 Å². The quantitative estimate of drug-likeness (QED) is 0.584. The van der Waals surface area contributed by atoms with Gasteiger partial charge in [0.05, 0.1) is 5.69 Å². The van der Waals surface area contributed by atoms with Crippen molar-refractivity contribution in [1.29, 1.82) is 0 Å². The summed E-state index contributed by atoms with van der Waals surface area (Å²) in [7, 11) is 0. The largest absolute Gasteiger partial charge is 0.356 e. The maximum Gasteiger partial charge on any atom is 0.253 e. The van der Waals surface area contributed by atoms with Gasteiger partial charge in [-0.3, -0.25) is 4.79 Å². The van der Waals surface area contributed by atoms with Crippen molar-refractivity contribution in [3.8, 4) is 0 Å². The molecule has 5 nitrogen and oxygen atoms in total. The number of aromatic nitrogens is 1. The molecule has 0 radical (unpaired) electrons. The van der Waals surface area contributed by atoms with Gasteiger partial charge < -0.3 is 14.3 Å². The molecule has 0 N–H and O–H groups in total. The number of hydrogen-bond acceptors (Lipinski definition) is 4. The number of piperidine rings is 2. The topological polar surface area (TPSA) is 49.6 Å². The number of carbonyl (C=O) groups is 1. The second-order valence-corrected chi connectivity index (χ2v) is 9.03. The van der Waals surface area contributed by atoms with E-state index in [2.05, 4.69) is 10.1 Å². The van der Waals surface area contributed by atoms with Crippen LogP contribution in [-0.2, 0) is 0 Å². The number of fused-ring (bicyclic) bond motifs is 1. The van der Waals surface area contributed by atoms with Crippen LogP contribution < -0.4 is 0 Å². The van der Waals surface area contributed by atoms with E-state index in [1.165, 1.54) is 24.3 Å². The molecule has 2 aliphatic heterocycles. The fourth-order valence-corrected chi connectivity index (χ4v) is 5.07. The number of benzene rings is 2. The smallest absolute Gasteiger partial charge is 0.253 e. The first-order valence-corrected chi connectivity index (χ1v) is 11.4. The maximum absolute atomic E-state index is 13.4. The van der Waals surface area contributed by atoms with Crippen LogP contribution in [0.1, 0.15) is 47.7 Å². The molecule has 2 fully saturated rings. The van der Waals surface area contributed by atoms with Gasteiger partial charge in [0, 0.05) is 42.6 Å². The van der Waals surface area contributed by atoms with E-state index in [4.69, 9.17) is 4.52 Å². The maximum atomic E-state index is 13.4. The number of carbonyl (C=O) groups excluding carboxylic acids is 1. The monoisotopic (exact) mass is 439 g/mol. The van der Waals surface area contributed by atoms with Crippen LogP contribution in [0.15, 0.2) is 47.0 Å². The molecule has 7 heteroatoms. The van der Waals surface area contributed by atoms with Crippen molar-refractivity contribution >= 4 is 16.9 Å². The summed E-state index contributed by atoms with van der Waals surface area (Å²) in [5, 5.41) is 5.16. The van der Waals surface area contributed by atoms with E-state index in [0.29, 0.717) is 23.0 Å². The zero-order chi connectivity index (χ0) is 22.1. The fourth-order valence-electron chi connectivity index (χ4n) is 5.07. The highest BCUT2D eigenvalue weighted by Crippen LogP contribution is 2.33. The summed E-state index contributed by atoms with van der Waals surface area (Å²) >= 11 is 0. The number of halogens is 2. The highest BCUT2D eigenvalue weighted by molar-refractivity contribution is 5.94. The minimum atomic E-state index is -0.324. The lowest BCUT2D eigenvalue weighted by molar-refractivity contribution is 0.0657. The second-order valence-electron chi connectivity index (χ2n) is 9.03. The van der Waals surface area contributed by atoms with Gasteiger partial charge in [-0.15, -0.1) is 0 Å². The highest BCUT2D eigenvalue weighted by Gasteiger charge is 2.29. The standard InChI is InChI=1S/C25H27F2N3O2/c26-20-3-1-19(2-4-20)25(31)30-13-7-17(8-14-30)16-29-11-9-18(10-12-29)24-22-6-5-21(27)15-23(22)32-28-24/h1-6,15,17-18H,7-14,16H2. The van der Waals surface area contributed by atoms with E-state index < -0.39 is 0 Å². The molecular weight excluding hydrogens is 412 g/mol. The Kier molecular flexibility index (Phi) is 5.91. The molecule has 3 heterocycles. The number of nitrogens with zero attached hydrogens (tertiary/aromatic N) is 3. The molecular formula is C25H27F2N3O2. The van der Waals surface area contributed by atoms with Gasteiger partial charge in [-0.1, -0.05) is 5.16 Å². The van der Waals surface area contributed by atoms with E-state index in [1.54, 1.807) is 18.2 Å². The highest BCUT2D eigenvalue weighted by atomic mass is 19.1. The van der Waals surface area contributed by atoms with Crippen LogP contribution in [-0.4, -0.2) is 53.6 Å². The fraction of sp³-hybridized carbons (Fsp3) is 0.440. The Morgan fingerprint density at radius 2 is 1.62 bits per heavy atom. The van der Waals surface area contributed by atoms with E-state index in [0.717, 1.165) is 69.5 Å². The molecule has 1 aromatic heterocycles. The Morgan fingerprint density at radius 3 is 2.34 bits per heavy atom. The Hall–Kier alpha value is -2.80. The van der Waals surface area contributed by atoms with Gasteiger partial charge in [0.2, 0.25) is 0 Å². The van der Waals surface area contributed by atoms with Gasteiger partial charge in [-0.2, -0.15) is 0 Å². The summed E-state index contributed by atoms with van der Waals surface area (Å²) in [6.07, 6.45) is 4.01. The molecule has 0 saturated carbocycles. The number of rotatable bonds is 4. The Morgan fingerprint density at radius 1 is 0.938 bits per heavy atom. The van der Waals surface area contributed by atoms with E-state index in [1.807, 2.05) is 4.90 Å². The molecule has 0 bridgehead atoms. The lowest BCUT2D eigenvalue weighted by atomic mass is 9.90. The average molecular weight is 440 g/mol. The normalized spacial score (nSPS) is 19.0. The van der Waals surface area contributed by atoms with Crippen molar-refractivity contribution in [3.05, 3.63) is 65.4 Å². The first kappa shape index (κ1) is 21.1. The number of amides is 1.